The number of rotatable bonds is 3. The van der Waals surface area contributed by atoms with Gasteiger partial charge in [-0.05, 0) is 61.8 Å². The van der Waals surface area contributed by atoms with Gasteiger partial charge in [0, 0.05) is 31.6 Å². The lowest BCUT2D eigenvalue weighted by Gasteiger charge is -2.44. The van der Waals surface area contributed by atoms with Crippen molar-refractivity contribution in [3.8, 4) is 0 Å². The van der Waals surface area contributed by atoms with Gasteiger partial charge in [0.05, 0.1) is 0 Å². The zero-order chi connectivity index (χ0) is 15.7. The molecule has 3 rings (SSSR count). The van der Waals surface area contributed by atoms with Crippen LogP contribution in [0.15, 0.2) is 12.1 Å². The maximum atomic E-state index is 11.8. The highest BCUT2D eigenvalue weighted by atomic mass is 16.1. The molecule has 0 bridgehead atoms. The number of hydrogen-bond acceptors (Lipinski definition) is 2. The molecule has 0 radical (unpaired) electrons. The van der Waals surface area contributed by atoms with Crippen LogP contribution in [0, 0.1) is 13.8 Å². The van der Waals surface area contributed by atoms with Crippen LogP contribution in [0.5, 0.6) is 0 Å². The second-order valence-electron chi connectivity index (χ2n) is 6.99. The number of carbonyl (C=O) groups is 1. The van der Waals surface area contributed by atoms with Crippen LogP contribution in [0.2, 0.25) is 0 Å². The van der Waals surface area contributed by atoms with Crippen LogP contribution in [-0.4, -0.2) is 29.9 Å². The SMILES string of the molecule is CCCC(=O)NC1CCC2c3cc(C)c(C)cc3CCN2C1. The maximum Gasteiger partial charge on any atom is 0.220 e. The van der Waals surface area contributed by atoms with Gasteiger partial charge >= 0.3 is 0 Å². The Morgan fingerprint density at radius 1 is 1.27 bits per heavy atom. The van der Waals surface area contributed by atoms with Crippen LogP contribution in [0.3, 0.4) is 0 Å². The van der Waals surface area contributed by atoms with E-state index >= 15 is 0 Å². The Hall–Kier alpha value is -1.35. The Morgan fingerprint density at radius 2 is 2.05 bits per heavy atom. The van der Waals surface area contributed by atoms with Crippen molar-refractivity contribution >= 4 is 5.91 Å². The van der Waals surface area contributed by atoms with Crippen LogP contribution in [0.25, 0.3) is 0 Å². The smallest absolute Gasteiger partial charge is 0.220 e. The molecule has 1 aromatic carbocycles. The average molecular weight is 300 g/mol. The molecule has 1 N–H and O–H groups in total. The lowest BCUT2D eigenvalue weighted by atomic mass is 9.84. The molecule has 2 aliphatic rings. The van der Waals surface area contributed by atoms with Crippen molar-refractivity contribution in [2.24, 2.45) is 0 Å². The molecule has 0 aliphatic carbocycles. The number of carbonyl (C=O) groups excluding carboxylic acids is 1. The second-order valence-corrected chi connectivity index (χ2v) is 6.99. The summed E-state index contributed by atoms with van der Waals surface area (Å²) in [5.41, 5.74) is 5.89. The molecule has 22 heavy (non-hydrogen) atoms. The molecular weight excluding hydrogens is 272 g/mol. The zero-order valence-corrected chi connectivity index (χ0v) is 14.1. The number of hydrogen-bond donors (Lipinski definition) is 1. The summed E-state index contributed by atoms with van der Waals surface area (Å²) in [4.78, 5) is 14.4. The first kappa shape index (κ1) is 15.5. The fraction of sp³-hybridized carbons (Fsp3) is 0.632. The van der Waals surface area contributed by atoms with Crippen molar-refractivity contribution in [1.29, 1.82) is 0 Å². The molecule has 2 unspecified atom stereocenters. The molecule has 0 spiro atoms. The Labute approximate surface area is 134 Å². The first-order chi connectivity index (χ1) is 10.6. The third-order valence-corrected chi connectivity index (χ3v) is 5.31. The first-order valence-electron chi connectivity index (χ1n) is 8.72. The molecule has 2 heterocycles. The number of nitrogens with one attached hydrogen (secondary N) is 1. The van der Waals surface area contributed by atoms with Gasteiger partial charge in [-0.1, -0.05) is 19.1 Å². The maximum absolute atomic E-state index is 11.8. The topological polar surface area (TPSA) is 32.3 Å². The summed E-state index contributed by atoms with van der Waals surface area (Å²) >= 11 is 0. The lowest BCUT2D eigenvalue weighted by molar-refractivity contribution is -0.122. The Balaban J connectivity index is 1.71. The van der Waals surface area contributed by atoms with Crippen LogP contribution in [0.4, 0.5) is 0 Å². The molecule has 0 aromatic heterocycles. The third-order valence-electron chi connectivity index (χ3n) is 5.31. The number of amides is 1. The standard InChI is InChI=1S/C19H28N2O/c1-4-5-19(22)20-16-6-7-18-17-11-14(3)13(2)10-15(17)8-9-21(18)12-16/h10-11,16,18H,4-9,12H2,1-3H3,(H,20,22). The molecule has 1 fully saturated rings. The summed E-state index contributed by atoms with van der Waals surface area (Å²) in [5, 5.41) is 3.22. The number of benzene rings is 1. The van der Waals surface area contributed by atoms with Crippen molar-refractivity contribution < 1.29 is 4.79 Å². The van der Waals surface area contributed by atoms with E-state index in [1.165, 1.54) is 22.3 Å². The monoisotopic (exact) mass is 300 g/mol. The van der Waals surface area contributed by atoms with Crippen LogP contribution in [-0.2, 0) is 11.2 Å². The predicted molar refractivity (Wildman–Crippen MR) is 90.0 cm³/mol. The molecule has 1 saturated heterocycles. The summed E-state index contributed by atoms with van der Waals surface area (Å²) in [6.45, 7) is 8.61. The van der Waals surface area contributed by atoms with E-state index in [0.717, 1.165) is 38.8 Å². The lowest BCUT2D eigenvalue weighted by Crippen LogP contribution is -2.50. The van der Waals surface area contributed by atoms with Crippen molar-refractivity contribution in [3.05, 3.63) is 34.4 Å². The highest BCUT2D eigenvalue weighted by molar-refractivity contribution is 5.76. The molecule has 3 heteroatoms. The van der Waals surface area contributed by atoms with E-state index in [-0.39, 0.29) is 5.91 Å². The first-order valence-corrected chi connectivity index (χ1v) is 8.72. The Morgan fingerprint density at radius 3 is 2.82 bits per heavy atom. The molecule has 1 aromatic rings. The minimum atomic E-state index is 0.217. The van der Waals surface area contributed by atoms with E-state index in [1.54, 1.807) is 0 Å². The summed E-state index contributed by atoms with van der Waals surface area (Å²) in [7, 11) is 0. The average Bonchev–Trinajstić information content (AvgIpc) is 2.48. The van der Waals surface area contributed by atoms with Gasteiger partial charge in [0.25, 0.3) is 0 Å². The van der Waals surface area contributed by atoms with Gasteiger partial charge in [-0.2, -0.15) is 0 Å². The van der Waals surface area contributed by atoms with E-state index in [0.29, 0.717) is 18.5 Å². The summed E-state index contributed by atoms with van der Waals surface area (Å²) in [6.07, 6.45) is 4.98. The quantitative estimate of drug-likeness (QED) is 0.929. The van der Waals surface area contributed by atoms with Crippen LogP contribution < -0.4 is 5.32 Å². The third kappa shape index (κ3) is 3.05. The van der Waals surface area contributed by atoms with E-state index in [9.17, 15) is 4.79 Å². The molecule has 3 nitrogen and oxygen atoms in total. The number of piperidine rings is 1. The molecule has 2 atom stereocenters. The van der Waals surface area contributed by atoms with Gasteiger partial charge < -0.3 is 5.32 Å². The molecule has 0 saturated carbocycles. The Bertz CT molecular complexity index is 567. The predicted octanol–water partition coefficient (Wildman–Crippen LogP) is 3.28. The molecule has 1 amide bonds. The number of nitrogens with zero attached hydrogens (tertiary/aromatic N) is 1. The van der Waals surface area contributed by atoms with Crippen molar-refractivity contribution in [3.63, 3.8) is 0 Å². The van der Waals surface area contributed by atoms with E-state index in [2.05, 4.69) is 43.1 Å². The van der Waals surface area contributed by atoms with Gasteiger partial charge in [0.1, 0.15) is 0 Å². The Kier molecular flexibility index (Phi) is 4.53. The minimum absolute atomic E-state index is 0.217. The largest absolute Gasteiger partial charge is 0.352 e. The van der Waals surface area contributed by atoms with Gasteiger partial charge in [-0.3, -0.25) is 9.69 Å². The van der Waals surface area contributed by atoms with Gasteiger partial charge in [-0.15, -0.1) is 0 Å². The molecule has 120 valence electrons. The van der Waals surface area contributed by atoms with Crippen LogP contribution >= 0.6 is 0 Å². The van der Waals surface area contributed by atoms with Gasteiger partial charge in [0.15, 0.2) is 0 Å². The van der Waals surface area contributed by atoms with Gasteiger partial charge in [-0.25, -0.2) is 0 Å². The summed E-state index contributed by atoms with van der Waals surface area (Å²) in [5.74, 6) is 0.217. The number of aryl methyl sites for hydroxylation is 2. The van der Waals surface area contributed by atoms with Crippen LogP contribution in [0.1, 0.15) is 60.9 Å². The summed E-state index contributed by atoms with van der Waals surface area (Å²) < 4.78 is 0. The zero-order valence-electron chi connectivity index (χ0n) is 14.1. The molecular formula is C19H28N2O. The van der Waals surface area contributed by atoms with Crippen molar-refractivity contribution in [2.75, 3.05) is 13.1 Å². The van der Waals surface area contributed by atoms with Crippen molar-refractivity contribution in [1.82, 2.24) is 10.2 Å². The van der Waals surface area contributed by atoms with Gasteiger partial charge in [0.2, 0.25) is 5.91 Å². The molecule has 2 aliphatic heterocycles. The second kappa shape index (κ2) is 6.41. The van der Waals surface area contributed by atoms with E-state index in [4.69, 9.17) is 0 Å². The highest BCUT2D eigenvalue weighted by Gasteiger charge is 2.33. The van der Waals surface area contributed by atoms with Crippen molar-refractivity contribution in [2.45, 2.75) is 65.0 Å². The fourth-order valence-electron chi connectivity index (χ4n) is 3.98. The summed E-state index contributed by atoms with van der Waals surface area (Å²) in [6, 6.07) is 5.68. The fourth-order valence-corrected chi connectivity index (χ4v) is 3.98. The minimum Gasteiger partial charge on any atom is -0.352 e. The highest BCUT2D eigenvalue weighted by Crippen LogP contribution is 2.37. The van der Waals surface area contributed by atoms with E-state index in [1.807, 2.05) is 0 Å². The normalized spacial score (nSPS) is 24.5. The van der Waals surface area contributed by atoms with E-state index < -0.39 is 0 Å². The number of fused-ring (bicyclic) bond motifs is 3.